The molecule has 0 aliphatic heterocycles. The van der Waals surface area contributed by atoms with Crippen molar-refractivity contribution in [3.63, 3.8) is 0 Å². The largest absolute Gasteiger partial charge is 0.454 e. The summed E-state index contributed by atoms with van der Waals surface area (Å²) in [6.45, 7) is -0.727. The van der Waals surface area contributed by atoms with Crippen molar-refractivity contribution in [3.8, 4) is 0 Å². The lowest BCUT2D eigenvalue weighted by Gasteiger charge is -2.07. The molecule has 2 N–H and O–H groups in total. The summed E-state index contributed by atoms with van der Waals surface area (Å²) in [6.07, 6.45) is 0. The first-order valence-electron chi connectivity index (χ1n) is 7.09. The Morgan fingerprint density at radius 1 is 0.958 bits per heavy atom. The number of ether oxygens (including phenoxy) is 1. The molecule has 0 fully saturated rings. The molecule has 0 aromatic heterocycles. The van der Waals surface area contributed by atoms with Crippen molar-refractivity contribution in [2.24, 2.45) is 0 Å². The number of rotatable bonds is 6. The third-order valence-electron chi connectivity index (χ3n) is 2.92. The standard InChI is InChI=1S/C17H15BrN2O4/c18-13-6-8-14(9-7-13)20-15(21)11-24-16(22)10-19-17(23)12-4-2-1-3-5-12/h1-9H,10-11H2,(H,19,23)(H,20,21). The Balaban J connectivity index is 1.70. The van der Waals surface area contributed by atoms with Gasteiger partial charge in [-0.05, 0) is 36.4 Å². The van der Waals surface area contributed by atoms with Gasteiger partial charge in [0.15, 0.2) is 6.61 Å². The van der Waals surface area contributed by atoms with Crippen LogP contribution in [-0.2, 0) is 14.3 Å². The number of amides is 2. The fourth-order valence-electron chi connectivity index (χ4n) is 1.77. The molecule has 0 saturated carbocycles. The summed E-state index contributed by atoms with van der Waals surface area (Å²) in [7, 11) is 0. The van der Waals surface area contributed by atoms with E-state index in [9.17, 15) is 14.4 Å². The van der Waals surface area contributed by atoms with Crippen LogP contribution in [0.25, 0.3) is 0 Å². The number of hydrogen-bond donors (Lipinski definition) is 2. The van der Waals surface area contributed by atoms with Gasteiger partial charge in [0.25, 0.3) is 11.8 Å². The third kappa shape index (κ3) is 5.85. The van der Waals surface area contributed by atoms with E-state index >= 15 is 0 Å². The van der Waals surface area contributed by atoms with Crippen LogP contribution in [0.3, 0.4) is 0 Å². The zero-order valence-corrected chi connectivity index (χ0v) is 14.2. The van der Waals surface area contributed by atoms with E-state index in [1.54, 1.807) is 54.6 Å². The maximum absolute atomic E-state index is 11.8. The van der Waals surface area contributed by atoms with Crippen LogP contribution in [-0.4, -0.2) is 30.9 Å². The van der Waals surface area contributed by atoms with E-state index in [0.29, 0.717) is 11.3 Å². The van der Waals surface area contributed by atoms with Gasteiger partial charge in [0, 0.05) is 15.7 Å². The summed E-state index contributed by atoms with van der Waals surface area (Å²) < 4.78 is 5.70. The van der Waals surface area contributed by atoms with E-state index in [1.165, 1.54) is 0 Å². The highest BCUT2D eigenvalue weighted by molar-refractivity contribution is 9.10. The number of hydrogen-bond acceptors (Lipinski definition) is 4. The second-order valence-corrected chi connectivity index (χ2v) is 5.68. The normalized spacial score (nSPS) is 9.88. The van der Waals surface area contributed by atoms with E-state index < -0.39 is 18.5 Å². The molecule has 2 aromatic carbocycles. The lowest BCUT2D eigenvalue weighted by molar-refractivity contribution is -0.146. The summed E-state index contributed by atoms with van der Waals surface area (Å²) in [5.41, 5.74) is 1.04. The molecule has 0 bridgehead atoms. The van der Waals surface area contributed by atoms with Crippen LogP contribution in [0.4, 0.5) is 5.69 Å². The molecular weight excluding hydrogens is 376 g/mol. The number of benzene rings is 2. The Labute approximate surface area is 147 Å². The van der Waals surface area contributed by atoms with Gasteiger partial charge in [0.2, 0.25) is 0 Å². The number of nitrogens with one attached hydrogen (secondary N) is 2. The number of esters is 1. The SMILES string of the molecule is O=C(COC(=O)CNC(=O)c1ccccc1)Nc1ccc(Br)cc1. The Bertz CT molecular complexity index is 717. The van der Waals surface area contributed by atoms with Gasteiger partial charge in [-0.3, -0.25) is 14.4 Å². The topological polar surface area (TPSA) is 84.5 Å². The molecule has 0 spiro atoms. The minimum atomic E-state index is -0.690. The monoisotopic (exact) mass is 390 g/mol. The van der Waals surface area contributed by atoms with Crippen LogP contribution in [0.1, 0.15) is 10.4 Å². The average molecular weight is 391 g/mol. The number of carbonyl (C=O) groups is 3. The molecule has 0 aliphatic rings. The molecule has 124 valence electrons. The van der Waals surface area contributed by atoms with Gasteiger partial charge in [-0.15, -0.1) is 0 Å². The zero-order chi connectivity index (χ0) is 17.4. The van der Waals surface area contributed by atoms with Crippen LogP contribution in [0, 0.1) is 0 Å². The van der Waals surface area contributed by atoms with Crippen molar-refractivity contribution in [2.45, 2.75) is 0 Å². The van der Waals surface area contributed by atoms with Gasteiger partial charge < -0.3 is 15.4 Å². The first-order chi connectivity index (χ1) is 11.5. The van der Waals surface area contributed by atoms with Gasteiger partial charge in [0.05, 0.1) is 0 Å². The highest BCUT2D eigenvalue weighted by Crippen LogP contribution is 2.13. The minimum Gasteiger partial charge on any atom is -0.454 e. The van der Waals surface area contributed by atoms with Crippen LogP contribution < -0.4 is 10.6 Å². The predicted molar refractivity (Wildman–Crippen MR) is 92.5 cm³/mol. The van der Waals surface area contributed by atoms with Crippen molar-refractivity contribution in [3.05, 3.63) is 64.6 Å². The summed E-state index contributed by atoms with van der Waals surface area (Å²) in [5, 5.41) is 5.02. The lowest BCUT2D eigenvalue weighted by atomic mass is 10.2. The molecule has 0 radical (unpaired) electrons. The molecule has 6 nitrogen and oxygen atoms in total. The second kappa shape index (κ2) is 8.83. The molecule has 0 heterocycles. The quantitative estimate of drug-likeness (QED) is 0.741. The van der Waals surface area contributed by atoms with Crippen LogP contribution >= 0.6 is 15.9 Å². The maximum atomic E-state index is 11.8. The van der Waals surface area contributed by atoms with Crippen molar-refractivity contribution < 1.29 is 19.1 Å². The fraction of sp³-hybridized carbons (Fsp3) is 0.118. The van der Waals surface area contributed by atoms with Gasteiger partial charge in [-0.1, -0.05) is 34.1 Å². The van der Waals surface area contributed by atoms with Gasteiger partial charge in [-0.2, -0.15) is 0 Å². The molecule has 2 amide bonds. The lowest BCUT2D eigenvalue weighted by Crippen LogP contribution is -2.32. The van der Waals surface area contributed by atoms with E-state index in [2.05, 4.69) is 26.6 Å². The molecular formula is C17H15BrN2O4. The average Bonchev–Trinajstić information content (AvgIpc) is 2.60. The third-order valence-corrected chi connectivity index (χ3v) is 3.45. The molecule has 0 atom stereocenters. The maximum Gasteiger partial charge on any atom is 0.325 e. The zero-order valence-electron chi connectivity index (χ0n) is 12.6. The smallest absolute Gasteiger partial charge is 0.325 e. The van der Waals surface area contributed by atoms with Gasteiger partial charge in [0.1, 0.15) is 6.54 Å². The van der Waals surface area contributed by atoms with Crippen LogP contribution in [0.2, 0.25) is 0 Å². The molecule has 2 aromatic rings. The predicted octanol–water partition coefficient (Wildman–Crippen LogP) is 2.36. The molecule has 0 aliphatic carbocycles. The molecule has 0 saturated heterocycles. The number of halogens is 1. The summed E-state index contributed by atoms with van der Waals surface area (Å²) in [4.78, 5) is 35.0. The number of anilines is 1. The van der Waals surface area contributed by atoms with E-state index in [4.69, 9.17) is 4.74 Å². The fourth-order valence-corrected chi connectivity index (χ4v) is 2.04. The van der Waals surface area contributed by atoms with Gasteiger partial charge >= 0.3 is 5.97 Å². The first-order valence-corrected chi connectivity index (χ1v) is 7.88. The highest BCUT2D eigenvalue weighted by Gasteiger charge is 2.10. The van der Waals surface area contributed by atoms with Crippen molar-refractivity contribution >= 4 is 39.4 Å². The minimum absolute atomic E-state index is 0.306. The molecule has 24 heavy (non-hydrogen) atoms. The van der Waals surface area contributed by atoms with E-state index in [1.807, 2.05) is 0 Å². The first kappa shape index (κ1) is 17.7. The summed E-state index contributed by atoms with van der Waals surface area (Å²) in [6, 6.07) is 15.5. The molecule has 2 rings (SSSR count). The number of carbonyl (C=O) groups excluding carboxylic acids is 3. The Hall–Kier alpha value is -2.67. The van der Waals surface area contributed by atoms with E-state index in [0.717, 1.165) is 4.47 Å². The van der Waals surface area contributed by atoms with Crippen molar-refractivity contribution in [2.75, 3.05) is 18.5 Å². The Kier molecular flexibility index (Phi) is 6.51. The second-order valence-electron chi connectivity index (χ2n) is 4.76. The van der Waals surface area contributed by atoms with Gasteiger partial charge in [-0.25, -0.2) is 0 Å². The van der Waals surface area contributed by atoms with Crippen LogP contribution in [0.5, 0.6) is 0 Å². The van der Waals surface area contributed by atoms with E-state index in [-0.39, 0.29) is 12.5 Å². The van der Waals surface area contributed by atoms with Crippen molar-refractivity contribution in [1.82, 2.24) is 5.32 Å². The summed E-state index contributed by atoms with van der Waals surface area (Å²) >= 11 is 3.29. The summed E-state index contributed by atoms with van der Waals surface area (Å²) in [5.74, 6) is -1.53. The molecule has 0 unspecified atom stereocenters. The Morgan fingerprint density at radius 3 is 2.29 bits per heavy atom. The Morgan fingerprint density at radius 2 is 1.62 bits per heavy atom. The van der Waals surface area contributed by atoms with Crippen molar-refractivity contribution in [1.29, 1.82) is 0 Å². The molecule has 7 heteroatoms. The van der Waals surface area contributed by atoms with Crippen LogP contribution in [0.15, 0.2) is 59.1 Å². The highest BCUT2D eigenvalue weighted by atomic mass is 79.9.